The van der Waals surface area contributed by atoms with Gasteiger partial charge in [-0.2, -0.15) is 0 Å². The Morgan fingerprint density at radius 1 is 1.04 bits per heavy atom. The Kier molecular flexibility index (Phi) is 10.7. The molecule has 0 aliphatic carbocycles. The smallest absolute Gasteiger partial charge is 0.404 e. The summed E-state index contributed by atoms with van der Waals surface area (Å²) < 4.78 is 5.51. The lowest BCUT2D eigenvalue weighted by molar-refractivity contribution is -0.873. The highest BCUT2D eigenvalue weighted by Gasteiger charge is 2.15. The first-order valence-corrected chi connectivity index (χ1v) is 7.32. The first kappa shape index (κ1) is 26.4. The lowest BCUT2D eigenvalue weighted by Crippen LogP contribution is -2.42. The van der Waals surface area contributed by atoms with Crippen LogP contribution in [-0.4, -0.2) is 72.5 Å². The van der Waals surface area contributed by atoms with E-state index in [9.17, 15) is 24.3 Å². The van der Waals surface area contributed by atoms with Crippen LogP contribution in [0.25, 0.3) is 0 Å². The molecular weight excluding hydrogens is 384 g/mol. The zero-order valence-electron chi connectivity index (χ0n) is 15.3. The Morgan fingerprint density at radius 2 is 1.41 bits per heavy atom. The first-order chi connectivity index (χ1) is 11.7. The second kappa shape index (κ2) is 11.0. The van der Waals surface area contributed by atoms with Crippen LogP contribution in [0.3, 0.4) is 0 Å². The fourth-order valence-electron chi connectivity index (χ4n) is 2.00. The SMILES string of the molecule is CC(C[N+](C)(C)C)OC(N)=O.Cl.O=C([O-])c1cc(C(=O)O)cc(C(=O)O)c1. The van der Waals surface area contributed by atoms with E-state index in [2.05, 4.69) is 0 Å². The van der Waals surface area contributed by atoms with Crippen LogP contribution in [0.15, 0.2) is 18.2 Å². The number of hydrogen-bond donors (Lipinski definition) is 3. The quantitative estimate of drug-likeness (QED) is 0.556. The van der Waals surface area contributed by atoms with Gasteiger partial charge >= 0.3 is 18.0 Å². The monoisotopic (exact) mass is 406 g/mol. The number of carbonyl (C=O) groups is 4. The van der Waals surface area contributed by atoms with Gasteiger partial charge in [-0.05, 0) is 30.7 Å². The molecule has 0 saturated carbocycles. The lowest BCUT2D eigenvalue weighted by atomic mass is 10.1. The van der Waals surface area contributed by atoms with Crippen molar-refractivity contribution in [3.05, 3.63) is 34.9 Å². The Bertz CT molecular complexity index is 621. The maximum absolute atomic E-state index is 10.5. The molecule has 1 aromatic rings. The van der Waals surface area contributed by atoms with E-state index in [1.54, 1.807) is 0 Å². The van der Waals surface area contributed by atoms with Crippen LogP contribution in [0, 0.1) is 0 Å². The Hall–Kier alpha value is -2.85. The average molecular weight is 407 g/mol. The Balaban J connectivity index is 0. The van der Waals surface area contributed by atoms with Crippen LogP contribution in [-0.2, 0) is 4.74 Å². The maximum atomic E-state index is 10.5. The van der Waals surface area contributed by atoms with Crippen LogP contribution in [0.1, 0.15) is 38.0 Å². The molecule has 0 aliphatic rings. The molecule has 4 N–H and O–H groups in total. The van der Waals surface area contributed by atoms with Crippen molar-refractivity contribution in [1.82, 2.24) is 0 Å². The third kappa shape index (κ3) is 11.4. The number of nitrogens with two attached hydrogens (primary N) is 1. The molecule has 0 aliphatic heterocycles. The maximum Gasteiger partial charge on any atom is 0.404 e. The number of nitrogens with zero attached hydrogens (tertiary/aromatic N) is 1. The lowest BCUT2D eigenvalue weighted by Gasteiger charge is -2.26. The number of carboxylic acid groups (broad SMARTS) is 3. The number of quaternary nitrogens is 1. The number of carbonyl (C=O) groups excluding carboxylic acids is 2. The molecule has 0 heterocycles. The number of rotatable bonds is 6. The van der Waals surface area contributed by atoms with Gasteiger partial charge in [0.2, 0.25) is 0 Å². The van der Waals surface area contributed by atoms with Crippen molar-refractivity contribution >= 4 is 36.4 Å². The molecule has 11 heteroatoms. The van der Waals surface area contributed by atoms with Gasteiger partial charge in [0.05, 0.1) is 38.2 Å². The fourth-order valence-corrected chi connectivity index (χ4v) is 2.00. The summed E-state index contributed by atoms with van der Waals surface area (Å²) in [5.74, 6) is -4.43. The molecule has 0 aromatic heterocycles. The number of halogens is 1. The third-order valence-corrected chi connectivity index (χ3v) is 2.78. The molecule has 0 radical (unpaired) electrons. The predicted molar refractivity (Wildman–Crippen MR) is 95.0 cm³/mol. The third-order valence-electron chi connectivity index (χ3n) is 2.78. The minimum Gasteiger partial charge on any atom is -0.545 e. The number of aromatic carboxylic acids is 3. The highest BCUT2D eigenvalue weighted by atomic mass is 35.5. The van der Waals surface area contributed by atoms with Crippen LogP contribution < -0.4 is 10.8 Å². The summed E-state index contributed by atoms with van der Waals surface area (Å²) in [6.45, 7) is 2.59. The second-order valence-corrected chi connectivity index (χ2v) is 6.42. The molecule has 152 valence electrons. The summed E-state index contributed by atoms with van der Waals surface area (Å²) in [4.78, 5) is 41.8. The van der Waals surface area contributed by atoms with Gasteiger partial charge in [-0.1, -0.05) is 0 Å². The van der Waals surface area contributed by atoms with Crippen molar-refractivity contribution in [3.8, 4) is 0 Å². The minimum atomic E-state index is -1.62. The largest absolute Gasteiger partial charge is 0.545 e. The average Bonchev–Trinajstić information content (AvgIpc) is 2.44. The number of likely N-dealkylation sites (N-methyl/N-ethyl adjacent to an activating group) is 1. The Morgan fingerprint density at radius 3 is 1.67 bits per heavy atom. The minimum absolute atomic E-state index is 0. The van der Waals surface area contributed by atoms with Gasteiger partial charge in [0.15, 0.2) is 0 Å². The zero-order valence-corrected chi connectivity index (χ0v) is 16.1. The summed E-state index contributed by atoms with van der Waals surface area (Å²) in [5.41, 5.74) is 3.55. The van der Waals surface area contributed by atoms with Gasteiger partial charge in [0, 0.05) is 0 Å². The summed E-state index contributed by atoms with van der Waals surface area (Å²) in [5, 5.41) is 27.6. The molecule has 1 amide bonds. The molecule has 0 spiro atoms. The van der Waals surface area contributed by atoms with Gasteiger partial charge in [0.25, 0.3) is 0 Å². The van der Waals surface area contributed by atoms with Crippen LogP contribution >= 0.6 is 12.4 Å². The second-order valence-electron chi connectivity index (χ2n) is 6.42. The molecule has 27 heavy (non-hydrogen) atoms. The molecule has 1 unspecified atom stereocenters. The number of hydrogen-bond acceptors (Lipinski definition) is 6. The number of carboxylic acids is 3. The first-order valence-electron chi connectivity index (χ1n) is 7.32. The molecular formula is C16H23ClN2O8. The fraction of sp³-hybridized carbons (Fsp3) is 0.375. The Labute approximate surface area is 162 Å². The normalized spacial score (nSPS) is 11.1. The van der Waals surface area contributed by atoms with E-state index in [1.807, 2.05) is 28.1 Å². The number of ether oxygens (including phenoxy) is 1. The van der Waals surface area contributed by atoms with E-state index in [4.69, 9.17) is 20.7 Å². The standard InChI is InChI=1S/C9H6O6.C7H16N2O2.ClH/c10-7(11)4-1-5(8(12)13)3-6(2-4)9(14)15;1-6(11-7(8)10)5-9(2,3)4;/h1-3H,(H,10,11)(H,12,13)(H,14,15);6H,5H2,1-4H3,(H-,8,10);1H. The molecule has 0 bridgehead atoms. The van der Waals surface area contributed by atoms with E-state index in [0.717, 1.165) is 29.2 Å². The summed E-state index contributed by atoms with van der Waals surface area (Å²) >= 11 is 0. The van der Waals surface area contributed by atoms with Crippen molar-refractivity contribution in [2.75, 3.05) is 27.7 Å². The molecule has 1 aromatic carbocycles. The van der Waals surface area contributed by atoms with Crippen molar-refractivity contribution < 1.29 is 43.7 Å². The van der Waals surface area contributed by atoms with Crippen molar-refractivity contribution in [2.45, 2.75) is 13.0 Å². The molecule has 0 fully saturated rings. The molecule has 10 nitrogen and oxygen atoms in total. The molecule has 1 atom stereocenters. The van der Waals surface area contributed by atoms with Crippen LogP contribution in [0.2, 0.25) is 0 Å². The van der Waals surface area contributed by atoms with E-state index < -0.39 is 40.7 Å². The summed E-state index contributed by atoms with van der Waals surface area (Å²) in [6, 6.07) is 2.55. The summed E-state index contributed by atoms with van der Waals surface area (Å²) in [7, 11) is 6.09. The van der Waals surface area contributed by atoms with Gasteiger partial charge < -0.3 is 35.1 Å². The zero-order chi connectivity index (χ0) is 20.7. The number of primary amides is 1. The van der Waals surface area contributed by atoms with Crippen molar-refractivity contribution in [3.63, 3.8) is 0 Å². The summed E-state index contributed by atoms with van der Waals surface area (Å²) in [6.07, 6.45) is -0.821. The van der Waals surface area contributed by atoms with Gasteiger partial charge in [-0.3, -0.25) is 0 Å². The highest BCUT2D eigenvalue weighted by Crippen LogP contribution is 2.10. The number of amides is 1. The van der Waals surface area contributed by atoms with E-state index >= 15 is 0 Å². The van der Waals surface area contributed by atoms with Crippen molar-refractivity contribution in [1.29, 1.82) is 0 Å². The van der Waals surface area contributed by atoms with E-state index in [-0.39, 0.29) is 18.5 Å². The van der Waals surface area contributed by atoms with Gasteiger partial charge in [-0.15, -0.1) is 12.4 Å². The van der Waals surface area contributed by atoms with Gasteiger partial charge in [-0.25, -0.2) is 14.4 Å². The van der Waals surface area contributed by atoms with E-state index in [0.29, 0.717) is 0 Å². The molecule has 0 saturated heterocycles. The topological polar surface area (TPSA) is 167 Å². The van der Waals surface area contributed by atoms with Gasteiger partial charge in [0.1, 0.15) is 12.6 Å². The predicted octanol–water partition coefficient (Wildman–Crippen LogP) is 0.0447. The van der Waals surface area contributed by atoms with Crippen molar-refractivity contribution in [2.24, 2.45) is 5.73 Å². The van der Waals surface area contributed by atoms with Crippen LogP contribution in [0.4, 0.5) is 4.79 Å². The van der Waals surface area contributed by atoms with Crippen LogP contribution in [0.5, 0.6) is 0 Å². The van der Waals surface area contributed by atoms with E-state index in [1.165, 1.54) is 0 Å². The number of benzene rings is 1. The molecule has 1 rings (SSSR count). The highest BCUT2D eigenvalue weighted by molar-refractivity contribution is 5.98.